The molecule has 2 aromatic heterocycles. The molecular formula is C12H17N5O2S. The highest BCUT2D eigenvalue weighted by Crippen LogP contribution is 2.20. The Bertz CT molecular complexity index is 666. The lowest BCUT2D eigenvalue weighted by molar-refractivity contribution is 0.597. The maximum absolute atomic E-state index is 12.4. The third kappa shape index (κ3) is 3.14. The smallest absolute Gasteiger partial charge is 0.265 e. The minimum atomic E-state index is -3.69. The Labute approximate surface area is 117 Å². The lowest BCUT2D eigenvalue weighted by atomic mass is 10.3. The van der Waals surface area contributed by atoms with Crippen molar-refractivity contribution in [2.24, 2.45) is 0 Å². The molecule has 0 aliphatic rings. The van der Waals surface area contributed by atoms with Gasteiger partial charge in [0.25, 0.3) is 10.0 Å². The van der Waals surface area contributed by atoms with E-state index < -0.39 is 10.0 Å². The van der Waals surface area contributed by atoms with Crippen LogP contribution in [-0.2, 0) is 16.6 Å². The highest BCUT2D eigenvalue weighted by atomic mass is 32.2. The Kier molecular flexibility index (Phi) is 4.35. The number of sulfonamides is 1. The number of hydrogen-bond donors (Lipinski definition) is 3. The number of rotatable bonds is 6. The van der Waals surface area contributed by atoms with Crippen molar-refractivity contribution in [3.8, 4) is 0 Å². The number of nitrogens with one attached hydrogen (secondary N) is 3. The second-order valence-corrected chi connectivity index (χ2v) is 5.87. The van der Waals surface area contributed by atoms with Crippen LogP contribution in [0.4, 0.5) is 5.69 Å². The predicted octanol–water partition coefficient (Wildman–Crippen LogP) is 1.02. The first-order chi connectivity index (χ1) is 9.54. The fourth-order valence-corrected chi connectivity index (χ4v) is 3.23. The van der Waals surface area contributed by atoms with Gasteiger partial charge >= 0.3 is 0 Å². The van der Waals surface area contributed by atoms with Crippen LogP contribution < -0.4 is 10.0 Å². The second kappa shape index (κ2) is 6.02. The van der Waals surface area contributed by atoms with E-state index >= 15 is 0 Å². The molecule has 0 atom stereocenters. The quantitative estimate of drug-likeness (QED) is 0.739. The van der Waals surface area contributed by atoms with E-state index in [1.165, 1.54) is 6.20 Å². The summed E-state index contributed by atoms with van der Waals surface area (Å²) in [4.78, 5) is 4.06. The Morgan fingerprint density at radius 2 is 2.20 bits per heavy atom. The molecule has 0 aliphatic heterocycles. The van der Waals surface area contributed by atoms with Crippen LogP contribution in [0.15, 0.2) is 29.4 Å². The topological polar surface area (TPSA) is 99.8 Å². The van der Waals surface area contributed by atoms with Crippen LogP contribution in [-0.4, -0.2) is 30.1 Å². The third-order valence-electron chi connectivity index (χ3n) is 2.69. The van der Waals surface area contributed by atoms with E-state index in [0.29, 0.717) is 23.6 Å². The van der Waals surface area contributed by atoms with Gasteiger partial charge in [-0.15, -0.1) is 0 Å². The zero-order valence-electron chi connectivity index (χ0n) is 11.3. The van der Waals surface area contributed by atoms with Gasteiger partial charge in [0.15, 0.2) is 0 Å². The Morgan fingerprint density at radius 1 is 1.40 bits per heavy atom. The van der Waals surface area contributed by atoms with Crippen molar-refractivity contribution in [1.82, 2.24) is 20.5 Å². The fraction of sp³-hybridized carbons (Fsp3) is 0.333. The van der Waals surface area contributed by atoms with Gasteiger partial charge in [-0.3, -0.25) is 14.8 Å². The first-order valence-electron chi connectivity index (χ1n) is 6.22. The number of nitrogens with zero attached hydrogens (tertiary/aromatic N) is 2. The van der Waals surface area contributed by atoms with Gasteiger partial charge in [0.2, 0.25) is 0 Å². The molecule has 2 rings (SSSR count). The number of pyridine rings is 1. The third-order valence-corrected chi connectivity index (χ3v) is 4.27. The number of aromatic amines is 1. The zero-order valence-corrected chi connectivity index (χ0v) is 12.2. The lowest BCUT2D eigenvalue weighted by Gasteiger charge is -2.09. The maximum atomic E-state index is 12.4. The number of anilines is 1. The van der Waals surface area contributed by atoms with Gasteiger partial charge in [-0.05, 0) is 25.6 Å². The van der Waals surface area contributed by atoms with Crippen molar-refractivity contribution in [2.75, 3.05) is 11.3 Å². The molecule has 20 heavy (non-hydrogen) atoms. The molecule has 0 unspecified atom stereocenters. The van der Waals surface area contributed by atoms with Crippen molar-refractivity contribution in [3.63, 3.8) is 0 Å². The van der Waals surface area contributed by atoms with Gasteiger partial charge in [-0.2, -0.15) is 5.10 Å². The molecule has 0 saturated heterocycles. The van der Waals surface area contributed by atoms with Crippen LogP contribution >= 0.6 is 0 Å². The monoisotopic (exact) mass is 295 g/mol. The van der Waals surface area contributed by atoms with Crippen molar-refractivity contribution in [2.45, 2.75) is 25.3 Å². The molecule has 0 bridgehead atoms. The second-order valence-electron chi connectivity index (χ2n) is 4.25. The summed E-state index contributed by atoms with van der Waals surface area (Å²) < 4.78 is 27.4. The van der Waals surface area contributed by atoms with Crippen molar-refractivity contribution in [3.05, 3.63) is 35.9 Å². The molecule has 0 saturated carbocycles. The summed E-state index contributed by atoms with van der Waals surface area (Å²) in [5.41, 5.74) is 1.40. The molecule has 0 aliphatic carbocycles. The summed E-state index contributed by atoms with van der Waals surface area (Å²) in [5.74, 6) is 0. The van der Waals surface area contributed by atoms with Crippen molar-refractivity contribution < 1.29 is 8.42 Å². The molecule has 0 amide bonds. The first kappa shape index (κ1) is 14.5. The molecule has 108 valence electrons. The Hall–Kier alpha value is -1.93. The maximum Gasteiger partial charge on any atom is 0.265 e. The van der Waals surface area contributed by atoms with Gasteiger partial charge in [-0.1, -0.05) is 6.92 Å². The summed E-state index contributed by atoms with van der Waals surface area (Å²) in [6.45, 7) is 4.76. The fourth-order valence-electron chi connectivity index (χ4n) is 1.82. The summed E-state index contributed by atoms with van der Waals surface area (Å²) >= 11 is 0. The van der Waals surface area contributed by atoms with Crippen LogP contribution in [0.1, 0.15) is 18.3 Å². The molecule has 2 aromatic rings. The van der Waals surface area contributed by atoms with Crippen LogP contribution in [0, 0.1) is 6.92 Å². The minimum absolute atomic E-state index is 0.183. The van der Waals surface area contributed by atoms with E-state index in [9.17, 15) is 8.42 Å². The van der Waals surface area contributed by atoms with Crippen LogP contribution in [0.5, 0.6) is 0 Å². The van der Waals surface area contributed by atoms with Gasteiger partial charge in [0.1, 0.15) is 4.90 Å². The van der Waals surface area contributed by atoms with Crippen LogP contribution in [0.25, 0.3) is 0 Å². The van der Waals surface area contributed by atoms with Gasteiger partial charge < -0.3 is 5.32 Å². The highest BCUT2D eigenvalue weighted by molar-refractivity contribution is 7.92. The molecule has 8 heteroatoms. The van der Waals surface area contributed by atoms with Crippen LogP contribution in [0.2, 0.25) is 0 Å². The Balaban J connectivity index is 2.32. The summed E-state index contributed by atoms with van der Waals surface area (Å²) in [6.07, 6.45) is 3.04. The van der Waals surface area contributed by atoms with Gasteiger partial charge in [0.05, 0.1) is 23.3 Å². The highest BCUT2D eigenvalue weighted by Gasteiger charge is 2.24. The van der Waals surface area contributed by atoms with Crippen molar-refractivity contribution >= 4 is 15.7 Å². The molecule has 0 aromatic carbocycles. The summed E-state index contributed by atoms with van der Waals surface area (Å²) in [7, 11) is -3.69. The molecule has 3 N–H and O–H groups in total. The standard InChI is InChI=1S/C12H17N5O2S/c1-3-13-8-11-12(9(2)15-16-11)20(18,19)17-10-5-4-6-14-7-10/h4-7,13,17H,3,8H2,1-2H3,(H,15,16). The first-order valence-corrected chi connectivity index (χ1v) is 7.70. The minimum Gasteiger partial charge on any atom is -0.311 e. The summed E-state index contributed by atoms with van der Waals surface area (Å²) in [5, 5.41) is 9.82. The largest absolute Gasteiger partial charge is 0.311 e. The van der Waals surface area contributed by atoms with E-state index in [-0.39, 0.29) is 4.90 Å². The summed E-state index contributed by atoms with van der Waals surface area (Å²) in [6, 6.07) is 3.31. The van der Waals surface area contributed by atoms with E-state index in [2.05, 4.69) is 25.2 Å². The molecule has 7 nitrogen and oxygen atoms in total. The van der Waals surface area contributed by atoms with E-state index in [1.807, 2.05) is 6.92 Å². The normalized spacial score (nSPS) is 11.5. The molecular weight excluding hydrogens is 278 g/mol. The van der Waals surface area contributed by atoms with E-state index in [0.717, 1.165) is 6.54 Å². The Morgan fingerprint density at radius 3 is 2.85 bits per heavy atom. The number of hydrogen-bond acceptors (Lipinski definition) is 5. The van der Waals surface area contributed by atoms with E-state index in [4.69, 9.17) is 0 Å². The average molecular weight is 295 g/mol. The molecule has 0 fully saturated rings. The zero-order chi connectivity index (χ0) is 14.6. The lowest BCUT2D eigenvalue weighted by Crippen LogP contribution is -2.19. The predicted molar refractivity (Wildman–Crippen MR) is 75.8 cm³/mol. The van der Waals surface area contributed by atoms with Gasteiger partial charge in [0, 0.05) is 12.7 Å². The number of aryl methyl sites for hydroxylation is 1. The van der Waals surface area contributed by atoms with E-state index in [1.54, 1.807) is 25.3 Å². The van der Waals surface area contributed by atoms with Gasteiger partial charge in [-0.25, -0.2) is 8.42 Å². The molecule has 0 radical (unpaired) electrons. The molecule has 0 spiro atoms. The van der Waals surface area contributed by atoms with Crippen molar-refractivity contribution in [1.29, 1.82) is 0 Å². The SMILES string of the molecule is CCNCc1n[nH]c(C)c1S(=O)(=O)Nc1cccnc1. The average Bonchev–Trinajstić information content (AvgIpc) is 2.79. The number of H-pyrrole nitrogens is 1. The van der Waals surface area contributed by atoms with Crippen LogP contribution in [0.3, 0.4) is 0 Å². The number of aromatic nitrogens is 3. The molecule has 2 heterocycles.